The summed E-state index contributed by atoms with van der Waals surface area (Å²) < 4.78 is 1.97. The molecular formula is C14H21N3S. The Morgan fingerprint density at radius 3 is 2.94 bits per heavy atom. The molecule has 1 N–H and O–H groups in total. The fraction of sp³-hybridized carbons (Fsp3) is 0.500. The SMILES string of the molecule is CCNC(CCc1ccnn1C)Cc1ccsc1. The Morgan fingerprint density at radius 2 is 2.33 bits per heavy atom. The highest BCUT2D eigenvalue weighted by molar-refractivity contribution is 7.07. The molecule has 18 heavy (non-hydrogen) atoms. The fourth-order valence-electron chi connectivity index (χ4n) is 2.23. The average molecular weight is 263 g/mol. The summed E-state index contributed by atoms with van der Waals surface area (Å²) in [6, 6.07) is 4.88. The predicted octanol–water partition coefficient (Wildman–Crippen LogP) is 2.64. The first kappa shape index (κ1) is 13.3. The van der Waals surface area contributed by atoms with Crippen molar-refractivity contribution in [3.05, 3.63) is 40.3 Å². The van der Waals surface area contributed by atoms with E-state index in [2.05, 4.69) is 40.2 Å². The van der Waals surface area contributed by atoms with Gasteiger partial charge in [0.15, 0.2) is 0 Å². The summed E-state index contributed by atoms with van der Waals surface area (Å²) in [5.41, 5.74) is 2.75. The van der Waals surface area contributed by atoms with Crippen molar-refractivity contribution < 1.29 is 0 Å². The molecule has 0 fully saturated rings. The molecule has 2 heterocycles. The van der Waals surface area contributed by atoms with Gasteiger partial charge in [-0.15, -0.1) is 0 Å². The largest absolute Gasteiger partial charge is 0.314 e. The van der Waals surface area contributed by atoms with Gasteiger partial charge in [0.1, 0.15) is 0 Å². The van der Waals surface area contributed by atoms with Gasteiger partial charge in [0.05, 0.1) is 0 Å². The van der Waals surface area contributed by atoms with Crippen LogP contribution in [0.25, 0.3) is 0 Å². The van der Waals surface area contributed by atoms with Gasteiger partial charge in [-0.2, -0.15) is 16.4 Å². The summed E-state index contributed by atoms with van der Waals surface area (Å²) in [6.45, 7) is 3.20. The van der Waals surface area contributed by atoms with Crippen LogP contribution in [0.5, 0.6) is 0 Å². The summed E-state index contributed by atoms with van der Waals surface area (Å²) in [5, 5.41) is 12.2. The van der Waals surface area contributed by atoms with Crippen molar-refractivity contribution in [2.75, 3.05) is 6.54 Å². The Hall–Kier alpha value is -1.13. The molecule has 0 spiro atoms. The quantitative estimate of drug-likeness (QED) is 0.832. The molecule has 2 aromatic heterocycles. The van der Waals surface area contributed by atoms with Crippen LogP contribution in [-0.4, -0.2) is 22.4 Å². The lowest BCUT2D eigenvalue weighted by atomic mass is 10.0. The lowest BCUT2D eigenvalue weighted by molar-refractivity contribution is 0.484. The summed E-state index contributed by atoms with van der Waals surface area (Å²) in [5.74, 6) is 0. The van der Waals surface area contributed by atoms with Crippen LogP contribution in [-0.2, 0) is 19.9 Å². The maximum absolute atomic E-state index is 4.21. The lowest BCUT2D eigenvalue weighted by Gasteiger charge is -2.17. The second kappa shape index (κ2) is 6.71. The number of likely N-dealkylation sites (N-methyl/N-ethyl adjacent to an activating group) is 1. The Morgan fingerprint density at radius 1 is 1.44 bits per heavy atom. The zero-order valence-electron chi connectivity index (χ0n) is 11.1. The van der Waals surface area contributed by atoms with Crippen molar-refractivity contribution >= 4 is 11.3 Å². The minimum Gasteiger partial charge on any atom is -0.314 e. The highest BCUT2D eigenvalue weighted by atomic mass is 32.1. The molecule has 0 bridgehead atoms. The maximum Gasteiger partial charge on any atom is 0.0492 e. The first-order chi connectivity index (χ1) is 8.79. The number of hydrogen-bond donors (Lipinski definition) is 1. The first-order valence-corrected chi connectivity index (χ1v) is 7.45. The van der Waals surface area contributed by atoms with Crippen LogP contribution in [0.3, 0.4) is 0 Å². The average Bonchev–Trinajstić information content (AvgIpc) is 2.98. The molecule has 2 rings (SSSR count). The minimum atomic E-state index is 0.555. The Balaban J connectivity index is 1.88. The molecule has 0 radical (unpaired) electrons. The zero-order valence-corrected chi connectivity index (χ0v) is 11.9. The van der Waals surface area contributed by atoms with Crippen LogP contribution >= 0.6 is 11.3 Å². The van der Waals surface area contributed by atoms with Gasteiger partial charge < -0.3 is 5.32 Å². The topological polar surface area (TPSA) is 29.9 Å². The number of hydrogen-bond acceptors (Lipinski definition) is 3. The number of thiophene rings is 1. The minimum absolute atomic E-state index is 0.555. The summed E-state index contributed by atoms with van der Waals surface area (Å²) in [7, 11) is 2.01. The molecule has 0 amide bonds. The molecule has 3 nitrogen and oxygen atoms in total. The molecule has 1 unspecified atom stereocenters. The van der Waals surface area contributed by atoms with Crippen LogP contribution < -0.4 is 5.32 Å². The van der Waals surface area contributed by atoms with Crippen LogP contribution in [0.15, 0.2) is 29.1 Å². The third-order valence-corrected chi connectivity index (χ3v) is 3.96. The summed E-state index contributed by atoms with van der Waals surface area (Å²) in [6.07, 6.45) is 5.23. The molecule has 1 atom stereocenters. The highest BCUT2D eigenvalue weighted by Crippen LogP contribution is 2.12. The van der Waals surface area contributed by atoms with E-state index in [0.717, 1.165) is 25.8 Å². The van der Waals surface area contributed by atoms with Crippen molar-refractivity contribution in [1.82, 2.24) is 15.1 Å². The monoisotopic (exact) mass is 263 g/mol. The molecule has 0 aliphatic rings. The van der Waals surface area contributed by atoms with Crippen LogP contribution in [0.2, 0.25) is 0 Å². The first-order valence-electron chi connectivity index (χ1n) is 6.51. The summed E-state index contributed by atoms with van der Waals surface area (Å²) in [4.78, 5) is 0. The van der Waals surface area contributed by atoms with Crippen molar-refractivity contribution in [1.29, 1.82) is 0 Å². The lowest BCUT2D eigenvalue weighted by Crippen LogP contribution is -2.31. The Labute approximate surface area is 113 Å². The zero-order chi connectivity index (χ0) is 12.8. The molecule has 0 aromatic carbocycles. The number of rotatable bonds is 7. The van der Waals surface area contributed by atoms with Gasteiger partial charge in [0, 0.05) is 25.0 Å². The molecule has 0 aliphatic carbocycles. The smallest absolute Gasteiger partial charge is 0.0492 e. The van der Waals surface area contributed by atoms with Gasteiger partial charge in [-0.05, 0) is 54.3 Å². The van der Waals surface area contributed by atoms with Gasteiger partial charge in [-0.3, -0.25) is 4.68 Å². The van der Waals surface area contributed by atoms with E-state index in [1.165, 1.54) is 11.3 Å². The predicted molar refractivity (Wildman–Crippen MR) is 77.0 cm³/mol. The normalized spacial score (nSPS) is 12.8. The highest BCUT2D eigenvalue weighted by Gasteiger charge is 2.10. The van der Waals surface area contributed by atoms with E-state index in [9.17, 15) is 0 Å². The van der Waals surface area contributed by atoms with Crippen LogP contribution in [0.1, 0.15) is 24.6 Å². The molecule has 4 heteroatoms. The van der Waals surface area contributed by atoms with Crippen LogP contribution in [0, 0.1) is 0 Å². The van der Waals surface area contributed by atoms with E-state index in [-0.39, 0.29) is 0 Å². The Kier molecular flexibility index (Phi) is 4.96. The van der Waals surface area contributed by atoms with E-state index in [1.807, 2.05) is 17.9 Å². The second-order valence-electron chi connectivity index (χ2n) is 4.58. The molecular weight excluding hydrogens is 242 g/mol. The van der Waals surface area contributed by atoms with E-state index in [0.29, 0.717) is 6.04 Å². The number of aryl methyl sites for hydroxylation is 2. The maximum atomic E-state index is 4.21. The Bertz CT molecular complexity index is 447. The van der Waals surface area contributed by atoms with Gasteiger partial charge in [-0.1, -0.05) is 6.92 Å². The van der Waals surface area contributed by atoms with Gasteiger partial charge >= 0.3 is 0 Å². The molecule has 0 saturated carbocycles. The van der Waals surface area contributed by atoms with E-state index >= 15 is 0 Å². The summed E-state index contributed by atoms with van der Waals surface area (Å²) >= 11 is 1.78. The third kappa shape index (κ3) is 3.68. The fourth-order valence-corrected chi connectivity index (χ4v) is 2.91. The van der Waals surface area contributed by atoms with Gasteiger partial charge in [0.25, 0.3) is 0 Å². The number of nitrogens with one attached hydrogen (secondary N) is 1. The molecule has 98 valence electrons. The third-order valence-electron chi connectivity index (χ3n) is 3.23. The number of aromatic nitrogens is 2. The van der Waals surface area contributed by atoms with Crippen molar-refractivity contribution in [3.8, 4) is 0 Å². The standard InChI is InChI=1S/C14H21N3S/c1-3-15-13(10-12-7-9-18-11-12)4-5-14-6-8-16-17(14)2/h6-9,11,13,15H,3-5,10H2,1-2H3. The van der Waals surface area contributed by atoms with Gasteiger partial charge in [-0.25, -0.2) is 0 Å². The van der Waals surface area contributed by atoms with Crippen molar-refractivity contribution in [3.63, 3.8) is 0 Å². The van der Waals surface area contributed by atoms with E-state index < -0.39 is 0 Å². The van der Waals surface area contributed by atoms with Crippen molar-refractivity contribution in [2.45, 2.75) is 32.2 Å². The van der Waals surface area contributed by atoms with E-state index in [4.69, 9.17) is 0 Å². The van der Waals surface area contributed by atoms with Crippen molar-refractivity contribution in [2.24, 2.45) is 7.05 Å². The van der Waals surface area contributed by atoms with Crippen LogP contribution in [0.4, 0.5) is 0 Å². The second-order valence-corrected chi connectivity index (χ2v) is 5.36. The number of nitrogens with zero attached hydrogens (tertiary/aromatic N) is 2. The van der Waals surface area contributed by atoms with E-state index in [1.54, 1.807) is 11.3 Å². The molecule has 0 saturated heterocycles. The molecule has 2 aromatic rings. The van der Waals surface area contributed by atoms with Gasteiger partial charge in [0.2, 0.25) is 0 Å². The molecule has 0 aliphatic heterocycles.